The number of aromatic nitrogens is 1. The SMILES string of the molecule is Cc1ccc(CC(=O)c2ccc(F)c3ccccc23)nc1. The minimum Gasteiger partial charge on any atom is -0.294 e. The number of benzene rings is 2. The fraction of sp³-hybridized carbons (Fsp3) is 0.111. The van der Waals surface area contributed by atoms with Crippen LogP contribution < -0.4 is 0 Å². The van der Waals surface area contributed by atoms with E-state index in [1.54, 1.807) is 30.5 Å². The van der Waals surface area contributed by atoms with Crippen LogP contribution in [0.1, 0.15) is 21.6 Å². The summed E-state index contributed by atoms with van der Waals surface area (Å²) in [6, 6.07) is 13.7. The lowest BCUT2D eigenvalue weighted by atomic mass is 9.98. The highest BCUT2D eigenvalue weighted by Gasteiger charge is 2.13. The first-order valence-electron chi connectivity index (χ1n) is 6.77. The second kappa shape index (κ2) is 5.44. The number of ketones is 1. The second-order valence-electron chi connectivity index (χ2n) is 5.07. The number of hydrogen-bond acceptors (Lipinski definition) is 2. The summed E-state index contributed by atoms with van der Waals surface area (Å²) in [6.45, 7) is 1.95. The number of carbonyl (C=O) groups excluding carboxylic acids is 1. The van der Waals surface area contributed by atoms with Crippen LogP contribution in [0.5, 0.6) is 0 Å². The normalized spacial score (nSPS) is 10.8. The molecule has 0 saturated heterocycles. The lowest BCUT2D eigenvalue weighted by Gasteiger charge is -2.07. The molecule has 0 N–H and O–H groups in total. The van der Waals surface area contributed by atoms with Crippen molar-refractivity contribution in [3.8, 4) is 0 Å². The first-order valence-corrected chi connectivity index (χ1v) is 6.77. The summed E-state index contributed by atoms with van der Waals surface area (Å²) in [5.41, 5.74) is 2.31. The quantitative estimate of drug-likeness (QED) is 0.675. The van der Waals surface area contributed by atoms with Crippen LogP contribution >= 0.6 is 0 Å². The summed E-state index contributed by atoms with van der Waals surface area (Å²) in [5, 5.41) is 1.12. The molecule has 21 heavy (non-hydrogen) atoms. The van der Waals surface area contributed by atoms with Crippen LogP contribution in [0.4, 0.5) is 4.39 Å². The topological polar surface area (TPSA) is 30.0 Å². The number of pyridine rings is 1. The summed E-state index contributed by atoms with van der Waals surface area (Å²) in [6.07, 6.45) is 1.96. The molecule has 0 aliphatic rings. The maximum Gasteiger partial charge on any atom is 0.169 e. The van der Waals surface area contributed by atoms with Crippen molar-refractivity contribution in [3.63, 3.8) is 0 Å². The molecular weight excluding hydrogens is 265 g/mol. The number of fused-ring (bicyclic) bond motifs is 1. The van der Waals surface area contributed by atoms with E-state index in [-0.39, 0.29) is 18.0 Å². The van der Waals surface area contributed by atoms with E-state index in [2.05, 4.69) is 4.98 Å². The summed E-state index contributed by atoms with van der Waals surface area (Å²) in [4.78, 5) is 16.7. The molecule has 0 bridgehead atoms. The Hall–Kier alpha value is -2.55. The zero-order chi connectivity index (χ0) is 14.8. The summed E-state index contributed by atoms with van der Waals surface area (Å²) < 4.78 is 13.8. The highest BCUT2D eigenvalue weighted by Crippen LogP contribution is 2.23. The molecule has 0 amide bonds. The van der Waals surface area contributed by atoms with Gasteiger partial charge >= 0.3 is 0 Å². The maximum atomic E-state index is 13.8. The van der Waals surface area contributed by atoms with E-state index in [4.69, 9.17) is 0 Å². The molecule has 3 aromatic rings. The van der Waals surface area contributed by atoms with Crippen molar-refractivity contribution in [2.45, 2.75) is 13.3 Å². The zero-order valence-corrected chi connectivity index (χ0v) is 11.6. The Bertz CT molecular complexity index is 809. The van der Waals surface area contributed by atoms with Gasteiger partial charge in [-0.15, -0.1) is 0 Å². The van der Waals surface area contributed by atoms with Crippen LogP contribution in [-0.4, -0.2) is 10.8 Å². The molecule has 2 aromatic carbocycles. The number of aryl methyl sites for hydroxylation is 1. The van der Waals surface area contributed by atoms with Gasteiger partial charge < -0.3 is 0 Å². The number of nitrogens with zero attached hydrogens (tertiary/aromatic N) is 1. The molecule has 0 spiro atoms. The minimum absolute atomic E-state index is 0.0532. The van der Waals surface area contributed by atoms with Crippen LogP contribution in [0.25, 0.3) is 10.8 Å². The Morgan fingerprint density at radius 2 is 1.81 bits per heavy atom. The average Bonchev–Trinajstić information content (AvgIpc) is 2.50. The molecule has 0 atom stereocenters. The van der Waals surface area contributed by atoms with E-state index in [9.17, 15) is 9.18 Å². The van der Waals surface area contributed by atoms with Gasteiger partial charge in [-0.2, -0.15) is 0 Å². The molecule has 0 unspecified atom stereocenters. The van der Waals surface area contributed by atoms with Crippen molar-refractivity contribution in [2.75, 3.05) is 0 Å². The smallest absolute Gasteiger partial charge is 0.169 e. The van der Waals surface area contributed by atoms with E-state index < -0.39 is 0 Å². The van der Waals surface area contributed by atoms with E-state index in [1.807, 2.05) is 25.1 Å². The van der Waals surface area contributed by atoms with Crippen molar-refractivity contribution < 1.29 is 9.18 Å². The van der Waals surface area contributed by atoms with E-state index >= 15 is 0 Å². The fourth-order valence-electron chi connectivity index (χ4n) is 2.37. The van der Waals surface area contributed by atoms with Gasteiger partial charge in [0, 0.05) is 22.8 Å². The summed E-state index contributed by atoms with van der Waals surface area (Å²) in [5.74, 6) is -0.363. The fourth-order valence-corrected chi connectivity index (χ4v) is 2.37. The highest BCUT2D eigenvalue weighted by atomic mass is 19.1. The van der Waals surface area contributed by atoms with Crippen molar-refractivity contribution in [3.05, 3.63) is 77.4 Å². The Morgan fingerprint density at radius 1 is 1.05 bits per heavy atom. The van der Waals surface area contributed by atoms with Gasteiger partial charge in [0.25, 0.3) is 0 Å². The van der Waals surface area contributed by atoms with Crippen molar-refractivity contribution >= 4 is 16.6 Å². The van der Waals surface area contributed by atoms with Crippen molar-refractivity contribution in [1.82, 2.24) is 4.98 Å². The summed E-state index contributed by atoms with van der Waals surface area (Å²) in [7, 11) is 0. The molecule has 0 fully saturated rings. The third-order valence-corrected chi connectivity index (χ3v) is 3.49. The first-order chi connectivity index (χ1) is 10.1. The number of rotatable bonds is 3. The predicted octanol–water partition coefficient (Wildman–Crippen LogP) is 4.11. The number of Topliss-reactive ketones (excluding diaryl/α,β-unsaturated/α-hetero) is 1. The molecule has 0 radical (unpaired) electrons. The minimum atomic E-state index is -0.310. The Morgan fingerprint density at radius 3 is 2.52 bits per heavy atom. The van der Waals surface area contributed by atoms with Crippen LogP contribution in [0, 0.1) is 12.7 Å². The third-order valence-electron chi connectivity index (χ3n) is 3.49. The molecule has 0 aliphatic carbocycles. The number of hydrogen-bond donors (Lipinski definition) is 0. The number of carbonyl (C=O) groups is 1. The van der Waals surface area contributed by atoms with Crippen LogP contribution in [0.3, 0.4) is 0 Å². The molecule has 0 saturated carbocycles. The number of halogens is 1. The molecular formula is C18H14FNO. The molecule has 104 valence electrons. The van der Waals surface area contributed by atoms with Gasteiger partial charge in [-0.25, -0.2) is 4.39 Å². The lowest BCUT2D eigenvalue weighted by molar-refractivity contribution is 0.0993. The molecule has 0 aliphatic heterocycles. The molecule has 2 nitrogen and oxygen atoms in total. The van der Waals surface area contributed by atoms with E-state index in [1.165, 1.54) is 6.07 Å². The highest BCUT2D eigenvalue weighted by molar-refractivity contribution is 6.08. The molecule has 1 aromatic heterocycles. The van der Waals surface area contributed by atoms with Gasteiger partial charge in [-0.1, -0.05) is 30.3 Å². The monoisotopic (exact) mass is 279 g/mol. The third kappa shape index (κ3) is 2.68. The van der Waals surface area contributed by atoms with Gasteiger partial charge in [0.2, 0.25) is 0 Å². The van der Waals surface area contributed by atoms with E-state index in [0.717, 1.165) is 11.3 Å². The van der Waals surface area contributed by atoms with Gasteiger partial charge in [-0.3, -0.25) is 9.78 Å². The Kier molecular flexibility index (Phi) is 3.48. The lowest BCUT2D eigenvalue weighted by Crippen LogP contribution is -2.06. The molecule has 3 heteroatoms. The van der Waals surface area contributed by atoms with Crippen LogP contribution in [0.2, 0.25) is 0 Å². The van der Waals surface area contributed by atoms with Crippen molar-refractivity contribution in [1.29, 1.82) is 0 Å². The Balaban J connectivity index is 1.98. The van der Waals surface area contributed by atoms with Gasteiger partial charge in [0.1, 0.15) is 5.82 Å². The van der Waals surface area contributed by atoms with Gasteiger partial charge in [0.05, 0.1) is 6.42 Å². The van der Waals surface area contributed by atoms with Crippen LogP contribution in [0.15, 0.2) is 54.7 Å². The maximum absolute atomic E-state index is 13.8. The van der Waals surface area contributed by atoms with Crippen molar-refractivity contribution in [2.24, 2.45) is 0 Å². The predicted molar refractivity (Wildman–Crippen MR) is 80.9 cm³/mol. The van der Waals surface area contributed by atoms with Gasteiger partial charge in [0.15, 0.2) is 5.78 Å². The standard InChI is InChI=1S/C18H14FNO/c1-12-6-7-13(20-11-12)10-18(21)16-8-9-17(19)15-5-3-2-4-14(15)16/h2-9,11H,10H2,1H3. The Labute approximate surface area is 122 Å². The molecule has 3 rings (SSSR count). The largest absolute Gasteiger partial charge is 0.294 e. The van der Waals surface area contributed by atoms with Crippen LogP contribution in [-0.2, 0) is 6.42 Å². The second-order valence-corrected chi connectivity index (χ2v) is 5.07. The average molecular weight is 279 g/mol. The summed E-state index contributed by atoms with van der Waals surface area (Å²) >= 11 is 0. The first kappa shape index (κ1) is 13.4. The zero-order valence-electron chi connectivity index (χ0n) is 11.6. The van der Waals surface area contributed by atoms with E-state index in [0.29, 0.717) is 16.3 Å². The molecule has 1 heterocycles. The van der Waals surface area contributed by atoms with Gasteiger partial charge in [-0.05, 0) is 36.1 Å².